The van der Waals surface area contributed by atoms with Crippen molar-refractivity contribution in [2.24, 2.45) is 0 Å². The lowest BCUT2D eigenvalue weighted by molar-refractivity contribution is 0.912. The molecule has 1 heterocycles. The first kappa shape index (κ1) is 11.7. The molecule has 3 rings (SSSR count). The van der Waals surface area contributed by atoms with E-state index in [1.807, 2.05) is 0 Å². The van der Waals surface area contributed by atoms with Crippen molar-refractivity contribution < 1.29 is 0 Å². The van der Waals surface area contributed by atoms with Crippen LogP contribution in [0.4, 0.5) is 5.69 Å². The molecule has 0 radical (unpaired) electrons. The molecule has 0 bridgehead atoms. The number of aromatic nitrogens is 1. The van der Waals surface area contributed by atoms with E-state index < -0.39 is 0 Å². The molecule has 1 aliphatic carbocycles. The van der Waals surface area contributed by atoms with Crippen molar-refractivity contribution in [3.8, 4) is 0 Å². The predicted octanol–water partition coefficient (Wildman–Crippen LogP) is 3.86. The lowest BCUT2D eigenvalue weighted by Crippen LogP contribution is -1.99. The Morgan fingerprint density at radius 3 is 2.83 bits per heavy atom. The summed E-state index contributed by atoms with van der Waals surface area (Å²) in [5.41, 5.74) is 5.43. The SMILES string of the molecule is Cc1nc(CNc2ccc3c(c2)CCC3)sc1C. The summed E-state index contributed by atoms with van der Waals surface area (Å²) < 4.78 is 0. The summed E-state index contributed by atoms with van der Waals surface area (Å²) in [6, 6.07) is 6.76. The van der Waals surface area contributed by atoms with Crippen molar-refractivity contribution in [1.29, 1.82) is 0 Å². The Hall–Kier alpha value is -1.35. The van der Waals surface area contributed by atoms with Gasteiger partial charge in [-0.1, -0.05) is 6.07 Å². The molecule has 1 aromatic carbocycles. The number of benzene rings is 1. The minimum atomic E-state index is 0.831. The highest BCUT2D eigenvalue weighted by atomic mass is 32.1. The lowest BCUT2D eigenvalue weighted by Gasteiger charge is -2.06. The van der Waals surface area contributed by atoms with Crippen LogP contribution in [0.3, 0.4) is 0 Å². The van der Waals surface area contributed by atoms with Crippen LogP contribution in [0.5, 0.6) is 0 Å². The van der Waals surface area contributed by atoms with Crippen LogP contribution in [0, 0.1) is 13.8 Å². The zero-order valence-electron chi connectivity index (χ0n) is 10.9. The van der Waals surface area contributed by atoms with Crippen molar-refractivity contribution in [2.45, 2.75) is 39.7 Å². The molecule has 2 nitrogen and oxygen atoms in total. The van der Waals surface area contributed by atoms with Crippen LogP contribution in [0.25, 0.3) is 0 Å². The van der Waals surface area contributed by atoms with E-state index in [-0.39, 0.29) is 0 Å². The number of aryl methyl sites for hydroxylation is 4. The van der Waals surface area contributed by atoms with Crippen LogP contribution < -0.4 is 5.32 Å². The maximum absolute atomic E-state index is 4.55. The number of rotatable bonds is 3. The Balaban J connectivity index is 1.70. The molecule has 18 heavy (non-hydrogen) atoms. The zero-order valence-corrected chi connectivity index (χ0v) is 11.7. The maximum atomic E-state index is 4.55. The van der Waals surface area contributed by atoms with Gasteiger partial charge in [0.2, 0.25) is 0 Å². The first-order valence-electron chi connectivity index (χ1n) is 6.51. The Morgan fingerprint density at radius 2 is 2.06 bits per heavy atom. The molecule has 3 heteroatoms. The molecule has 94 valence electrons. The smallest absolute Gasteiger partial charge is 0.112 e. The fourth-order valence-electron chi connectivity index (χ4n) is 2.47. The maximum Gasteiger partial charge on any atom is 0.112 e. The molecule has 0 saturated carbocycles. The normalized spacial score (nSPS) is 13.7. The average molecular weight is 258 g/mol. The van der Waals surface area contributed by atoms with Gasteiger partial charge in [-0.05, 0) is 56.4 Å². The van der Waals surface area contributed by atoms with E-state index in [0.29, 0.717) is 0 Å². The molecule has 0 spiro atoms. The van der Waals surface area contributed by atoms with E-state index in [1.165, 1.54) is 46.0 Å². The molecule has 2 aromatic rings. The molecule has 0 saturated heterocycles. The highest BCUT2D eigenvalue weighted by Gasteiger charge is 2.10. The minimum Gasteiger partial charge on any atom is -0.379 e. The van der Waals surface area contributed by atoms with E-state index in [2.05, 4.69) is 42.3 Å². The van der Waals surface area contributed by atoms with Crippen molar-refractivity contribution in [3.63, 3.8) is 0 Å². The third-order valence-electron chi connectivity index (χ3n) is 3.62. The molecule has 0 fully saturated rings. The van der Waals surface area contributed by atoms with Crippen LogP contribution in [0.1, 0.15) is 33.1 Å². The Labute approximate surface area is 112 Å². The number of fused-ring (bicyclic) bond motifs is 1. The monoisotopic (exact) mass is 258 g/mol. The van der Waals surface area contributed by atoms with Gasteiger partial charge >= 0.3 is 0 Å². The average Bonchev–Trinajstić information content (AvgIpc) is 2.94. The molecule has 0 aliphatic heterocycles. The third kappa shape index (κ3) is 2.27. The van der Waals surface area contributed by atoms with Gasteiger partial charge in [0.05, 0.1) is 12.2 Å². The van der Waals surface area contributed by atoms with E-state index >= 15 is 0 Å². The summed E-state index contributed by atoms with van der Waals surface area (Å²) >= 11 is 1.79. The van der Waals surface area contributed by atoms with Crippen LogP contribution in [-0.4, -0.2) is 4.98 Å². The van der Waals surface area contributed by atoms with Gasteiger partial charge in [0, 0.05) is 10.6 Å². The Kier molecular flexibility index (Phi) is 3.08. The van der Waals surface area contributed by atoms with Crippen LogP contribution >= 0.6 is 11.3 Å². The number of nitrogens with one attached hydrogen (secondary N) is 1. The predicted molar refractivity (Wildman–Crippen MR) is 77.4 cm³/mol. The molecule has 0 amide bonds. The fourth-order valence-corrected chi connectivity index (χ4v) is 3.35. The summed E-state index contributed by atoms with van der Waals surface area (Å²) in [4.78, 5) is 5.87. The number of thiazole rings is 1. The molecular weight excluding hydrogens is 240 g/mol. The van der Waals surface area contributed by atoms with Crippen molar-refractivity contribution in [2.75, 3.05) is 5.32 Å². The lowest BCUT2D eigenvalue weighted by atomic mass is 10.1. The summed E-state index contributed by atoms with van der Waals surface area (Å²) in [6.07, 6.45) is 3.80. The second-order valence-electron chi connectivity index (χ2n) is 4.94. The Bertz CT molecular complexity index is 552. The van der Waals surface area contributed by atoms with Gasteiger partial charge < -0.3 is 5.32 Å². The van der Waals surface area contributed by atoms with Crippen molar-refractivity contribution >= 4 is 17.0 Å². The van der Waals surface area contributed by atoms with Crippen molar-refractivity contribution in [3.05, 3.63) is 44.9 Å². The first-order valence-corrected chi connectivity index (χ1v) is 7.32. The van der Waals surface area contributed by atoms with Gasteiger partial charge in [0.15, 0.2) is 0 Å². The highest BCUT2D eigenvalue weighted by molar-refractivity contribution is 7.11. The van der Waals surface area contributed by atoms with Crippen LogP contribution in [0.2, 0.25) is 0 Å². The van der Waals surface area contributed by atoms with E-state index in [4.69, 9.17) is 0 Å². The molecule has 1 N–H and O–H groups in total. The highest BCUT2D eigenvalue weighted by Crippen LogP contribution is 2.25. The van der Waals surface area contributed by atoms with Gasteiger partial charge in [-0.15, -0.1) is 11.3 Å². The summed E-state index contributed by atoms with van der Waals surface area (Å²) in [5.74, 6) is 0. The van der Waals surface area contributed by atoms with E-state index in [1.54, 1.807) is 11.3 Å². The van der Waals surface area contributed by atoms with Gasteiger partial charge in [-0.2, -0.15) is 0 Å². The topological polar surface area (TPSA) is 24.9 Å². The number of hydrogen-bond acceptors (Lipinski definition) is 3. The van der Waals surface area contributed by atoms with E-state index in [9.17, 15) is 0 Å². The Morgan fingerprint density at radius 1 is 1.22 bits per heavy atom. The van der Waals surface area contributed by atoms with Crippen molar-refractivity contribution in [1.82, 2.24) is 4.98 Å². The molecular formula is C15H18N2S. The molecule has 1 aromatic heterocycles. The van der Waals surface area contributed by atoms with Gasteiger partial charge in [0.25, 0.3) is 0 Å². The summed E-state index contributed by atoms with van der Waals surface area (Å²) in [5, 5.41) is 4.65. The van der Waals surface area contributed by atoms with E-state index in [0.717, 1.165) is 12.2 Å². The first-order chi connectivity index (χ1) is 8.72. The third-order valence-corrected chi connectivity index (χ3v) is 4.69. The number of nitrogens with zero attached hydrogens (tertiary/aromatic N) is 1. The van der Waals surface area contributed by atoms with Gasteiger partial charge in [-0.25, -0.2) is 4.98 Å². The molecule has 0 unspecified atom stereocenters. The van der Waals surface area contributed by atoms with Crippen LogP contribution in [0.15, 0.2) is 18.2 Å². The molecule has 0 atom stereocenters. The van der Waals surface area contributed by atoms with Gasteiger partial charge in [-0.3, -0.25) is 0 Å². The minimum absolute atomic E-state index is 0.831. The largest absolute Gasteiger partial charge is 0.379 e. The molecule has 1 aliphatic rings. The fraction of sp³-hybridized carbons (Fsp3) is 0.400. The second kappa shape index (κ2) is 4.73. The zero-order chi connectivity index (χ0) is 12.5. The standard InChI is InChI=1S/C15H18N2S/c1-10-11(2)18-15(17-10)9-16-14-7-6-12-4-3-5-13(12)8-14/h6-8,16H,3-5,9H2,1-2H3. The summed E-state index contributed by atoms with van der Waals surface area (Å²) in [7, 11) is 0. The second-order valence-corrected chi connectivity index (χ2v) is 6.23. The number of hydrogen-bond donors (Lipinski definition) is 1. The number of anilines is 1. The van der Waals surface area contributed by atoms with Crippen LogP contribution in [-0.2, 0) is 19.4 Å². The summed E-state index contributed by atoms with van der Waals surface area (Å²) in [6.45, 7) is 5.04. The quantitative estimate of drug-likeness (QED) is 0.904. The van der Waals surface area contributed by atoms with Gasteiger partial charge in [0.1, 0.15) is 5.01 Å².